The molecule has 2 saturated heterocycles. The summed E-state index contributed by atoms with van der Waals surface area (Å²) in [5.74, 6) is 1.89. The van der Waals surface area contributed by atoms with Crippen molar-refractivity contribution < 1.29 is 4.74 Å². The zero-order chi connectivity index (χ0) is 11.0. The van der Waals surface area contributed by atoms with Gasteiger partial charge in [0.05, 0.1) is 12.2 Å². The molecule has 0 radical (unpaired) electrons. The first-order chi connectivity index (χ1) is 7.80. The Bertz CT molecular complexity index is 241. The minimum absolute atomic E-state index is 0.292. The molecule has 0 N–H and O–H groups in total. The van der Waals surface area contributed by atoms with E-state index in [1.54, 1.807) is 0 Å². The second-order valence-electron chi connectivity index (χ2n) is 6.22. The molecular weight excluding hydrogens is 198 g/mol. The first-order valence-corrected chi connectivity index (χ1v) is 7.16. The topological polar surface area (TPSA) is 12.5 Å². The van der Waals surface area contributed by atoms with E-state index in [1.807, 2.05) is 0 Å². The van der Waals surface area contributed by atoms with Crippen molar-refractivity contribution in [2.45, 2.75) is 51.0 Å². The Hall–Kier alpha value is -0.0800. The van der Waals surface area contributed by atoms with E-state index in [9.17, 15) is 0 Å². The van der Waals surface area contributed by atoms with Crippen LogP contribution in [-0.4, -0.2) is 36.7 Å². The highest BCUT2D eigenvalue weighted by Crippen LogP contribution is 2.40. The van der Waals surface area contributed by atoms with E-state index in [4.69, 9.17) is 4.74 Å². The van der Waals surface area contributed by atoms with Gasteiger partial charge in [-0.15, -0.1) is 0 Å². The third kappa shape index (κ3) is 2.28. The highest BCUT2D eigenvalue weighted by molar-refractivity contribution is 4.94. The zero-order valence-electron chi connectivity index (χ0n) is 10.6. The maximum Gasteiger partial charge on any atom is 0.0710 e. The Morgan fingerprint density at radius 1 is 1.19 bits per heavy atom. The average Bonchev–Trinajstić information content (AvgIpc) is 3.03. The number of nitrogens with zero attached hydrogens (tertiary/aromatic N) is 1. The summed E-state index contributed by atoms with van der Waals surface area (Å²) in [5, 5.41) is 0. The highest BCUT2D eigenvalue weighted by Gasteiger charge is 2.42. The van der Waals surface area contributed by atoms with E-state index in [0.717, 1.165) is 18.4 Å². The molecule has 3 rings (SSSR count). The van der Waals surface area contributed by atoms with Crippen LogP contribution in [-0.2, 0) is 4.74 Å². The Labute approximate surface area is 99.3 Å². The number of likely N-dealkylation sites (tertiary alicyclic amines) is 1. The molecule has 0 amide bonds. The maximum atomic E-state index is 6.13. The van der Waals surface area contributed by atoms with Gasteiger partial charge in [0.1, 0.15) is 0 Å². The van der Waals surface area contributed by atoms with Gasteiger partial charge in [-0.3, -0.25) is 0 Å². The minimum Gasteiger partial charge on any atom is -0.375 e. The van der Waals surface area contributed by atoms with E-state index in [2.05, 4.69) is 11.8 Å². The summed E-state index contributed by atoms with van der Waals surface area (Å²) in [7, 11) is 0. The fourth-order valence-electron chi connectivity index (χ4n) is 3.36. The van der Waals surface area contributed by atoms with Crippen molar-refractivity contribution in [1.82, 2.24) is 4.90 Å². The van der Waals surface area contributed by atoms with Crippen LogP contribution in [0.3, 0.4) is 0 Å². The lowest BCUT2D eigenvalue weighted by atomic mass is 9.84. The van der Waals surface area contributed by atoms with E-state index >= 15 is 0 Å². The molecule has 2 heterocycles. The Morgan fingerprint density at radius 3 is 2.50 bits per heavy atom. The van der Waals surface area contributed by atoms with Crippen LogP contribution in [0.15, 0.2) is 0 Å². The van der Waals surface area contributed by atoms with Crippen LogP contribution < -0.4 is 0 Å². The number of hydrogen-bond donors (Lipinski definition) is 0. The van der Waals surface area contributed by atoms with E-state index < -0.39 is 0 Å². The molecule has 0 aromatic carbocycles. The molecule has 0 bridgehead atoms. The Balaban J connectivity index is 1.49. The number of piperidine rings is 1. The van der Waals surface area contributed by atoms with Gasteiger partial charge in [0, 0.05) is 19.6 Å². The quantitative estimate of drug-likeness (QED) is 0.729. The van der Waals surface area contributed by atoms with Crippen molar-refractivity contribution in [3.8, 4) is 0 Å². The van der Waals surface area contributed by atoms with E-state index in [-0.39, 0.29) is 0 Å². The smallest absolute Gasteiger partial charge is 0.0710 e. The van der Waals surface area contributed by atoms with Gasteiger partial charge in [0.15, 0.2) is 0 Å². The second-order valence-corrected chi connectivity index (χ2v) is 6.22. The number of rotatable bonds is 3. The Morgan fingerprint density at radius 2 is 1.94 bits per heavy atom. The van der Waals surface area contributed by atoms with Gasteiger partial charge in [-0.25, -0.2) is 0 Å². The van der Waals surface area contributed by atoms with Gasteiger partial charge < -0.3 is 9.64 Å². The van der Waals surface area contributed by atoms with Crippen LogP contribution in [0.5, 0.6) is 0 Å². The lowest BCUT2D eigenvalue weighted by molar-refractivity contribution is -0.0442. The third-order valence-corrected chi connectivity index (χ3v) is 4.84. The van der Waals surface area contributed by atoms with Gasteiger partial charge in [-0.2, -0.15) is 0 Å². The molecule has 3 aliphatic rings. The van der Waals surface area contributed by atoms with Crippen LogP contribution in [0, 0.1) is 11.8 Å². The van der Waals surface area contributed by atoms with E-state index in [0.29, 0.717) is 5.60 Å². The first-order valence-electron chi connectivity index (χ1n) is 7.16. The fourth-order valence-corrected chi connectivity index (χ4v) is 3.36. The van der Waals surface area contributed by atoms with Crippen molar-refractivity contribution in [2.24, 2.45) is 11.8 Å². The summed E-state index contributed by atoms with van der Waals surface area (Å²) >= 11 is 0. The summed E-state index contributed by atoms with van der Waals surface area (Å²) < 4.78 is 6.13. The standard InChI is InChI=1S/C14H25NO/c1-2-12-9-14(16-11-12)5-7-15(8-6-14)10-13-3-4-13/h12-13H,2-11H2,1H3/t12-/m1/s1. The molecular formula is C14H25NO. The molecule has 3 fully saturated rings. The molecule has 1 aliphatic carbocycles. The van der Waals surface area contributed by atoms with Crippen LogP contribution in [0.1, 0.15) is 45.4 Å². The molecule has 1 saturated carbocycles. The van der Waals surface area contributed by atoms with Crippen molar-refractivity contribution in [3.05, 3.63) is 0 Å². The van der Waals surface area contributed by atoms with Crippen LogP contribution in [0.4, 0.5) is 0 Å². The number of hydrogen-bond acceptors (Lipinski definition) is 2. The highest BCUT2D eigenvalue weighted by atomic mass is 16.5. The molecule has 92 valence electrons. The third-order valence-electron chi connectivity index (χ3n) is 4.84. The predicted octanol–water partition coefficient (Wildman–Crippen LogP) is 2.68. The molecule has 1 atom stereocenters. The monoisotopic (exact) mass is 223 g/mol. The van der Waals surface area contributed by atoms with Crippen molar-refractivity contribution in [2.75, 3.05) is 26.2 Å². The van der Waals surface area contributed by atoms with Crippen molar-refractivity contribution in [3.63, 3.8) is 0 Å². The zero-order valence-corrected chi connectivity index (χ0v) is 10.6. The van der Waals surface area contributed by atoms with Gasteiger partial charge in [-0.1, -0.05) is 13.3 Å². The summed E-state index contributed by atoms with van der Waals surface area (Å²) in [4.78, 5) is 2.67. The summed E-state index contributed by atoms with van der Waals surface area (Å²) in [6.07, 6.45) is 8.17. The second kappa shape index (κ2) is 4.30. The van der Waals surface area contributed by atoms with Crippen LogP contribution in [0.2, 0.25) is 0 Å². The molecule has 0 aromatic heterocycles. The molecule has 0 aromatic rings. The normalized spacial score (nSPS) is 34.7. The van der Waals surface area contributed by atoms with Gasteiger partial charge in [0.2, 0.25) is 0 Å². The lowest BCUT2D eigenvalue weighted by Crippen LogP contribution is -2.44. The number of ether oxygens (including phenoxy) is 1. The van der Waals surface area contributed by atoms with Gasteiger partial charge in [-0.05, 0) is 43.9 Å². The van der Waals surface area contributed by atoms with E-state index in [1.165, 1.54) is 58.2 Å². The van der Waals surface area contributed by atoms with Gasteiger partial charge in [0.25, 0.3) is 0 Å². The lowest BCUT2D eigenvalue weighted by Gasteiger charge is -2.38. The average molecular weight is 223 g/mol. The maximum absolute atomic E-state index is 6.13. The molecule has 0 unspecified atom stereocenters. The SMILES string of the molecule is CC[C@H]1COC2(CCN(CC3CC3)CC2)C1. The molecule has 16 heavy (non-hydrogen) atoms. The van der Waals surface area contributed by atoms with Crippen molar-refractivity contribution in [1.29, 1.82) is 0 Å². The molecule has 2 aliphatic heterocycles. The van der Waals surface area contributed by atoms with Crippen molar-refractivity contribution >= 4 is 0 Å². The summed E-state index contributed by atoms with van der Waals surface area (Å²) in [6.45, 7) is 7.27. The summed E-state index contributed by atoms with van der Waals surface area (Å²) in [5.41, 5.74) is 0.292. The van der Waals surface area contributed by atoms with Gasteiger partial charge >= 0.3 is 0 Å². The van der Waals surface area contributed by atoms with Crippen LogP contribution >= 0.6 is 0 Å². The first kappa shape index (κ1) is 11.0. The fraction of sp³-hybridized carbons (Fsp3) is 1.00. The molecule has 2 heteroatoms. The Kier molecular flexibility index (Phi) is 2.97. The van der Waals surface area contributed by atoms with Crippen LogP contribution in [0.25, 0.3) is 0 Å². The predicted molar refractivity (Wildman–Crippen MR) is 65.5 cm³/mol. The summed E-state index contributed by atoms with van der Waals surface area (Å²) in [6, 6.07) is 0. The largest absolute Gasteiger partial charge is 0.375 e. The molecule has 2 nitrogen and oxygen atoms in total. The molecule has 1 spiro atoms. The minimum atomic E-state index is 0.292.